The van der Waals surface area contributed by atoms with Crippen LogP contribution in [0, 0.1) is 0 Å². The molecule has 3 rings (SSSR count). The molecule has 120 valence electrons. The van der Waals surface area contributed by atoms with Crippen LogP contribution < -0.4 is 0 Å². The minimum atomic E-state index is 0.0271. The smallest absolute Gasteiger partial charge is 0.290 e. The fraction of sp³-hybridized carbons (Fsp3) is 0.611. The van der Waals surface area contributed by atoms with E-state index in [1.165, 1.54) is 18.4 Å². The van der Waals surface area contributed by atoms with Crippen molar-refractivity contribution >= 4 is 5.91 Å². The normalized spacial score (nSPS) is 21.9. The number of nitrogens with zero attached hydrogens (tertiary/aromatic N) is 2. The van der Waals surface area contributed by atoms with Gasteiger partial charge < -0.3 is 9.32 Å². The summed E-state index contributed by atoms with van der Waals surface area (Å²) in [5.74, 6) is 1.50. The second-order valence-electron chi connectivity index (χ2n) is 6.26. The molecule has 3 heterocycles. The average Bonchev–Trinajstić information content (AvgIpc) is 3.27. The highest BCUT2D eigenvalue weighted by Gasteiger charge is 2.28. The minimum absolute atomic E-state index is 0.0271. The molecule has 1 aromatic rings. The van der Waals surface area contributed by atoms with Crippen molar-refractivity contribution in [3.8, 4) is 0 Å². The van der Waals surface area contributed by atoms with Crippen molar-refractivity contribution in [3.05, 3.63) is 35.3 Å². The number of hydrogen-bond acceptors (Lipinski definition) is 3. The van der Waals surface area contributed by atoms with Crippen LogP contribution in [0.3, 0.4) is 0 Å². The Kier molecular flexibility index (Phi) is 4.67. The molecule has 0 bridgehead atoms. The van der Waals surface area contributed by atoms with Gasteiger partial charge in [0.05, 0.1) is 6.04 Å². The zero-order valence-corrected chi connectivity index (χ0v) is 13.7. The largest absolute Gasteiger partial charge is 0.456 e. The van der Waals surface area contributed by atoms with Gasteiger partial charge >= 0.3 is 0 Å². The molecule has 1 aromatic heterocycles. The highest BCUT2D eigenvalue weighted by atomic mass is 16.4. The number of carbonyl (C=O) groups is 1. The van der Waals surface area contributed by atoms with Crippen molar-refractivity contribution in [2.24, 2.45) is 0 Å². The molecule has 0 saturated carbocycles. The van der Waals surface area contributed by atoms with E-state index >= 15 is 0 Å². The Labute approximate surface area is 132 Å². The van der Waals surface area contributed by atoms with Gasteiger partial charge in [0.1, 0.15) is 5.76 Å². The second kappa shape index (κ2) is 6.69. The predicted octanol–water partition coefficient (Wildman–Crippen LogP) is 3.23. The third kappa shape index (κ3) is 2.98. The number of carbonyl (C=O) groups excluding carboxylic acids is 1. The Hall–Kier alpha value is -1.55. The SMILES string of the molecule is CCc1oc(C(=O)N2CC=C[C@@H]2CC)cc1CN1CCCC1. The molecule has 1 saturated heterocycles. The van der Waals surface area contributed by atoms with E-state index in [4.69, 9.17) is 4.42 Å². The molecular formula is C18H26N2O2. The molecule has 4 nitrogen and oxygen atoms in total. The maximum absolute atomic E-state index is 12.7. The lowest BCUT2D eigenvalue weighted by molar-refractivity contribution is 0.0713. The summed E-state index contributed by atoms with van der Waals surface area (Å²) >= 11 is 0. The maximum atomic E-state index is 12.7. The molecule has 0 spiro atoms. The first-order valence-electron chi connectivity index (χ1n) is 8.54. The van der Waals surface area contributed by atoms with Crippen LogP contribution >= 0.6 is 0 Å². The van der Waals surface area contributed by atoms with E-state index in [9.17, 15) is 4.79 Å². The Balaban J connectivity index is 1.76. The number of rotatable bonds is 5. The molecule has 0 aromatic carbocycles. The van der Waals surface area contributed by atoms with E-state index in [-0.39, 0.29) is 11.9 Å². The molecule has 1 fully saturated rings. The van der Waals surface area contributed by atoms with Crippen molar-refractivity contribution in [1.82, 2.24) is 9.80 Å². The number of amides is 1. The number of likely N-dealkylation sites (tertiary alicyclic amines) is 1. The quantitative estimate of drug-likeness (QED) is 0.784. The van der Waals surface area contributed by atoms with Crippen LogP contribution in [0.1, 0.15) is 55.0 Å². The summed E-state index contributed by atoms with van der Waals surface area (Å²) in [5.41, 5.74) is 1.19. The lowest BCUT2D eigenvalue weighted by atomic mass is 10.2. The van der Waals surface area contributed by atoms with Crippen molar-refractivity contribution < 1.29 is 9.21 Å². The Morgan fingerprint density at radius 1 is 1.32 bits per heavy atom. The van der Waals surface area contributed by atoms with Crippen molar-refractivity contribution in [1.29, 1.82) is 0 Å². The van der Waals surface area contributed by atoms with Crippen LogP contribution in [0.2, 0.25) is 0 Å². The van der Waals surface area contributed by atoms with Crippen molar-refractivity contribution in [2.45, 2.75) is 52.1 Å². The fourth-order valence-electron chi connectivity index (χ4n) is 3.49. The zero-order valence-electron chi connectivity index (χ0n) is 13.7. The molecule has 0 unspecified atom stereocenters. The van der Waals surface area contributed by atoms with E-state index in [0.717, 1.165) is 38.2 Å². The van der Waals surface area contributed by atoms with Crippen LogP contribution in [0.25, 0.3) is 0 Å². The number of aryl methyl sites for hydroxylation is 1. The Morgan fingerprint density at radius 3 is 2.77 bits per heavy atom. The lowest BCUT2D eigenvalue weighted by Crippen LogP contribution is -2.35. The topological polar surface area (TPSA) is 36.7 Å². The van der Waals surface area contributed by atoms with Crippen molar-refractivity contribution in [3.63, 3.8) is 0 Å². The third-order valence-electron chi connectivity index (χ3n) is 4.76. The summed E-state index contributed by atoms with van der Waals surface area (Å²) in [5, 5.41) is 0. The number of furan rings is 1. The summed E-state index contributed by atoms with van der Waals surface area (Å²) in [6.45, 7) is 8.12. The van der Waals surface area contributed by atoms with Crippen LogP contribution in [0.15, 0.2) is 22.6 Å². The van der Waals surface area contributed by atoms with Gasteiger partial charge in [0.25, 0.3) is 5.91 Å². The van der Waals surface area contributed by atoms with Gasteiger partial charge in [0.2, 0.25) is 0 Å². The van der Waals surface area contributed by atoms with Gasteiger partial charge in [-0.2, -0.15) is 0 Å². The standard InChI is InChI=1S/C18H26N2O2/c1-3-15-8-7-11-20(15)18(21)17-12-14(16(4-2)22-17)13-19-9-5-6-10-19/h7-8,12,15H,3-6,9-11,13H2,1-2H3/t15-/m0/s1. The van der Waals surface area contributed by atoms with Gasteiger partial charge in [0.15, 0.2) is 5.76 Å². The molecule has 0 N–H and O–H groups in total. The summed E-state index contributed by atoms with van der Waals surface area (Å²) < 4.78 is 5.90. The molecule has 0 aliphatic carbocycles. The van der Waals surface area contributed by atoms with Crippen LogP contribution in [-0.2, 0) is 13.0 Å². The molecule has 1 atom stereocenters. The van der Waals surface area contributed by atoms with Gasteiger partial charge in [-0.05, 0) is 38.4 Å². The van der Waals surface area contributed by atoms with Gasteiger partial charge in [-0.3, -0.25) is 9.69 Å². The van der Waals surface area contributed by atoms with Crippen LogP contribution in [-0.4, -0.2) is 41.4 Å². The van der Waals surface area contributed by atoms with Crippen molar-refractivity contribution in [2.75, 3.05) is 19.6 Å². The van der Waals surface area contributed by atoms with Crippen LogP contribution in [0.5, 0.6) is 0 Å². The first kappa shape index (κ1) is 15.3. The lowest BCUT2D eigenvalue weighted by Gasteiger charge is -2.22. The molecule has 4 heteroatoms. The van der Waals surface area contributed by atoms with E-state index < -0.39 is 0 Å². The van der Waals surface area contributed by atoms with Crippen LogP contribution in [0.4, 0.5) is 0 Å². The monoisotopic (exact) mass is 302 g/mol. The maximum Gasteiger partial charge on any atom is 0.290 e. The van der Waals surface area contributed by atoms with Gasteiger partial charge in [0, 0.05) is 25.1 Å². The van der Waals surface area contributed by atoms with Gasteiger partial charge in [-0.1, -0.05) is 26.0 Å². The first-order valence-corrected chi connectivity index (χ1v) is 8.54. The molecular weight excluding hydrogens is 276 g/mol. The molecule has 0 radical (unpaired) electrons. The Morgan fingerprint density at radius 2 is 2.09 bits per heavy atom. The molecule has 22 heavy (non-hydrogen) atoms. The average molecular weight is 302 g/mol. The molecule has 2 aliphatic rings. The van der Waals surface area contributed by atoms with E-state index in [2.05, 4.69) is 30.9 Å². The van der Waals surface area contributed by atoms with E-state index in [1.54, 1.807) is 0 Å². The van der Waals surface area contributed by atoms with Gasteiger partial charge in [-0.15, -0.1) is 0 Å². The van der Waals surface area contributed by atoms with E-state index in [1.807, 2.05) is 11.0 Å². The summed E-state index contributed by atoms with van der Waals surface area (Å²) in [4.78, 5) is 17.1. The second-order valence-corrected chi connectivity index (χ2v) is 6.26. The number of hydrogen-bond donors (Lipinski definition) is 0. The summed E-state index contributed by atoms with van der Waals surface area (Å²) in [7, 11) is 0. The minimum Gasteiger partial charge on any atom is -0.456 e. The Bertz CT molecular complexity index is 555. The first-order chi connectivity index (χ1) is 10.7. The van der Waals surface area contributed by atoms with Gasteiger partial charge in [-0.25, -0.2) is 0 Å². The highest BCUT2D eigenvalue weighted by Crippen LogP contribution is 2.24. The predicted molar refractivity (Wildman–Crippen MR) is 86.9 cm³/mol. The third-order valence-corrected chi connectivity index (χ3v) is 4.76. The fourth-order valence-corrected chi connectivity index (χ4v) is 3.49. The highest BCUT2D eigenvalue weighted by molar-refractivity contribution is 5.92. The molecule has 2 aliphatic heterocycles. The summed E-state index contributed by atoms with van der Waals surface area (Å²) in [6.07, 6.45) is 8.54. The summed E-state index contributed by atoms with van der Waals surface area (Å²) in [6, 6.07) is 2.19. The molecule has 1 amide bonds. The van der Waals surface area contributed by atoms with E-state index in [0.29, 0.717) is 12.3 Å². The zero-order chi connectivity index (χ0) is 15.5.